The van der Waals surface area contributed by atoms with Crippen LogP contribution in [0.5, 0.6) is 5.75 Å². The molecule has 0 atom stereocenters. The first-order valence-corrected chi connectivity index (χ1v) is 13.5. The zero-order chi connectivity index (χ0) is 25.9. The van der Waals surface area contributed by atoms with Crippen LogP contribution in [0.1, 0.15) is 31.9 Å². The molecule has 1 nitrogen and oxygen atoms in total. The van der Waals surface area contributed by atoms with Gasteiger partial charge in [0.2, 0.25) is 0 Å². The highest BCUT2D eigenvalue weighted by atomic mass is 16.5. The van der Waals surface area contributed by atoms with Crippen LogP contribution in [0.2, 0.25) is 0 Å². The fraction of sp³-hybridized carbons (Fsp3) is 0.135. The van der Waals surface area contributed by atoms with Gasteiger partial charge in [-0.1, -0.05) is 111 Å². The van der Waals surface area contributed by atoms with Gasteiger partial charge in [-0.3, -0.25) is 0 Å². The van der Waals surface area contributed by atoms with E-state index in [9.17, 15) is 0 Å². The van der Waals surface area contributed by atoms with Crippen LogP contribution in [0.3, 0.4) is 0 Å². The molecular formula is C37H30O. The fourth-order valence-electron chi connectivity index (χ4n) is 6.49. The summed E-state index contributed by atoms with van der Waals surface area (Å²) in [6.45, 7) is 7.40. The molecule has 0 saturated carbocycles. The van der Waals surface area contributed by atoms with Crippen LogP contribution in [-0.2, 0) is 5.41 Å². The molecule has 0 aromatic heterocycles. The minimum Gasteiger partial charge on any atom is -0.494 e. The lowest BCUT2D eigenvalue weighted by Gasteiger charge is -2.23. The number of hydrogen-bond acceptors (Lipinski definition) is 1. The summed E-state index contributed by atoms with van der Waals surface area (Å²) in [5.41, 5.74) is 10.6. The zero-order valence-corrected chi connectivity index (χ0v) is 22.1. The van der Waals surface area contributed by atoms with Crippen LogP contribution in [0, 0.1) is 0 Å². The predicted octanol–water partition coefficient (Wildman–Crippen LogP) is 10.0. The van der Waals surface area contributed by atoms with Crippen LogP contribution in [0.4, 0.5) is 0 Å². The Labute approximate surface area is 224 Å². The molecule has 184 valence electrons. The maximum Gasteiger partial charge on any atom is 0.119 e. The minimum absolute atomic E-state index is 0.0320. The number of ether oxygens (including phenoxy) is 1. The second-order valence-corrected chi connectivity index (χ2v) is 10.7. The van der Waals surface area contributed by atoms with E-state index in [-0.39, 0.29) is 5.41 Å². The molecule has 6 aromatic carbocycles. The Balaban J connectivity index is 1.51. The van der Waals surface area contributed by atoms with Gasteiger partial charge in [0.05, 0.1) is 6.61 Å². The molecule has 0 unspecified atom stereocenters. The maximum atomic E-state index is 5.73. The van der Waals surface area contributed by atoms with Crippen LogP contribution in [0.25, 0.3) is 54.9 Å². The molecule has 0 saturated heterocycles. The standard InChI is InChI=1S/C37H30O/c1-4-38-26-20-17-24(18-21-26)35-29-12-5-7-14-31(29)36(32-15-8-6-13-30(32)35)25-19-22-28-27-11-9-10-16-33(27)37(2,3)34(28)23-25/h5-23H,4H2,1-3H3. The van der Waals surface area contributed by atoms with Crippen molar-refractivity contribution < 1.29 is 4.74 Å². The van der Waals surface area contributed by atoms with E-state index in [1.54, 1.807) is 0 Å². The molecular weight excluding hydrogens is 460 g/mol. The smallest absolute Gasteiger partial charge is 0.119 e. The molecule has 0 amide bonds. The van der Waals surface area contributed by atoms with Gasteiger partial charge in [0.15, 0.2) is 0 Å². The molecule has 1 aliphatic carbocycles. The van der Waals surface area contributed by atoms with E-state index in [4.69, 9.17) is 4.74 Å². The van der Waals surface area contributed by atoms with Gasteiger partial charge in [0.25, 0.3) is 0 Å². The van der Waals surface area contributed by atoms with E-state index < -0.39 is 0 Å². The highest BCUT2D eigenvalue weighted by Gasteiger charge is 2.35. The average Bonchev–Trinajstić information content (AvgIpc) is 3.18. The van der Waals surface area contributed by atoms with E-state index in [2.05, 4.69) is 129 Å². The lowest BCUT2D eigenvalue weighted by Crippen LogP contribution is -2.14. The molecule has 0 aliphatic heterocycles. The van der Waals surface area contributed by atoms with Gasteiger partial charge < -0.3 is 4.74 Å². The van der Waals surface area contributed by atoms with Crippen molar-refractivity contribution in [1.29, 1.82) is 0 Å². The Bertz CT molecular complexity index is 1780. The lowest BCUT2D eigenvalue weighted by atomic mass is 9.80. The summed E-state index contributed by atoms with van der Waals surface area (Å²) >= 11 is 0. The zero-order valence-electron chi connectivity index (χ0n) is 22.1. The van der Waals surface area contributed by atoms with Crippen molar-refractivity contribution in [3.05, 3.63) is 126 Å². The first-order chi connectivity index (χ1) is 18.6. The SMILES string of the molecule is CCOc1ccc(-c2c3ccccc3c(-c3ccc4c(c3)C(C)(C)c3ccccc3-4)c3ccccc23)cc1. The van der Waals surface area contributed by atoms with Gasteiger partial charge in [-0.25, -0.2) is 0 Å². The molecule has 6 aromatic rings. The van der Waals surface area contributed by atoms with Crippen molar-refractivity contribution in [2.45, 2.75) is 26.2 Å². The fourth-order valence-corrected chi connectivity index (χ4v) is 6.49. The highest BCUT2D eigenvalue weighted by molar-refractivity contribution is 6.21. The van der Waals surface area contributed by atoms with E-state index in [1.165, 1.54) is 66.1 Å². The monoisotopic (exact) mass is 490 g/mol. The van der Waals surface area contributed by atoms with Crippen molar-refractivity contribution in [2.75, 3.05) is 6.61 Å². The molecule has 0 radical (unpaired) electrons. The topological polar surface area (TPSA) is 9.23 Å². The third-order valence-electron chi connectivity index (χ3n) is 8.26. The number of hydrogen-bond donors (Lipinski definition) is 0. The molecule has 0 heterocycles. The Hall–Kier alpha value is -4.36. The van der Waals surface area contributed by atoms with Gasteiger partial charge in [-0.15, -0.1) is 0 Å². The van der Waals surface area contributed by atoms with E-state index in [0.717, 1.165) is 5.75 Å². The van der Waals surface area contributed by atoms with Gasteiger partial charge >= 0.3 is 0 Å². The highest BCUT2D eigenvalue weighted by Crippen LogP contribution is 2.51. The summed E-state index contributed by atoms with van der Waals surface area (Å²) in [5, 5.41) is 5.11. The molecule has 0 bridgehead atoms. The summed E-state index contributed by atoms with van der Waals surface area (Å²) in [4.78, 5) is 0. The average molecular weight is 491 g/mol. The van der Waals surface area contributed by atoms with Crippen LogP contribution in [0.15, 0.2) is 115 Å². The summed E-state index contributed by atoms with van der Waals surface area (Å²) in [6.07, 6.45) is 0. The van der Waals surface area contributed by atoms with E-state index in [1.807, 2.05) is 6.92 Å². The first-order valence-electron chi connectivity index (χ1n) is 13.5. The second kappa shape index (κ2) is 8.60. The summed E-state index contributed by atoms with van der Waals surface area (Å²) < 4.78 is 5.73. The Morgan fingerprint density at radius 2 is 1.03 bits per heavy atom. The number of rotatable bonds is 4. The molecule has 1 aliphatic rings. The van der Waals surface area contributed by atoms with Crippen LogP contribution < -0.4 is 4.74 Å². The second-order valence-electron chi connectivity index (χ2n) is 10.7. The summed E-state index contributed by atoms with van der Waals surface area (Å²) in [5.74, 6) is 0.906. The van der Waals surface area contributed by atoms with Crippen molar-refractivity contribution in [3.8, 4) is 39.1 Å². The van der Waals surface area contributed by atoms with Gasteiger partial charge in [-0.2, -0.15) is 0 Å². The first kappa shape index (κ1) is 22.8. The van der Waals surface area contributed by atoms with Crippen molar-refractivity contribution >= 4 is 21.5 Å². The third-order valence-corrected chi connectivity index (χ3v) is 8.26. The molecule has 0 N–H and O–H groups in total. The normalized spacial score (nSPS) is 13.4. The Morgan fingerprint density at radius 1 is 0.526 bits per heavy atom. The molecule has 7 rings (SSSR count). The number of benzene rings is 6. The number of fused-ring (bicyclic) bond motifs is 5. The minimum atomic E-state index is -0.0320. The third kappa shape index (κ3) is 3.32. The van der Waals surface area contributed by atoms with Crippen LogP contribution in [-0.4, -0.2) is 6.61 Å². The summed E-state index contributed by atoms with van der Waals surface area (Å²) in [6, 6.07) is 42.2. The van der Waals surface area contributed by atoms with Crippen molar-refractivity contribution in [2.24, 2.45) is 0 Å². The quantitative estimate of drug-likeness (QED) is 0.223. The largest absolute Gasteiger partial charge is 0.494 e. The van der Waals surface area contributed by atoms with Crippen molar-refractivity contribution in [1.82, 2.24) is 0 Å². The maximum absolute atomic E-state index is 5.73. The Morgan fingerprint density at radius 3 is 1.63 bits per heavy atom. The van der Waals surface area contributed by atoms with E-state index in [0.29, 0.717) is 6.61 Å². The van der Waals surface area contributed by atoms with E-state index >= 15 is 0 Å². The predicted molar refractivity (Wildman–Crippen MR) is 161 cm³/mol. The molecule has 0 spiro atoms. The molecule has 0 fully saturated rings. The van der Waals surface area contributed by atoms with Gasteiger partial charge in [0.1, 0.15) is 5.75 Å². The molecule has 38 heavy (non-hydrogen) atoms. The van der Waals surface area contributed by atoms with Gasteiger partial charge in [-0.05, 0) is 91.2 Å². The van der Waals surface area contributed by atoms with Gasteiger partial charge in [0, 0.05) is 5.41 Å². The lowest BCUT2D eigenvalue weighted by molar-refractivity contribution is 0.340. The molecule has 1 heteroatoms. The van der Waals surface area contributed by atoms with Crippen molar-refractivity contribution in [3.63, 3.8) is 0 Å². The summed E-state index contributed by atoms with van der Waals surface area (Å²) in [7, 11) is 0. The Kier molecular flexibility index (Phi) is 5.16. The van der Waals surface area contributed by atoms with Crippen LogP contribution >= 0.6 is 0 Å².